The SMILES string of the molecule is C[C@@H]1[C@H](OP(=O)(O)OC[C@@H]2C[C@@H](C)[C@H](n3cnc4c3ncn3ccnc43)O2)C(COP(=O)(O)O)O[C@H]1n1cnc2c(N)ncnc21. The van der Waals surface area contributed by atoms with Crippen molar-refractivity contribution in [3.05, 3.63) is 37.7 Å². The number of aromatic nitrogens is 9. The van der Waals surface area contributed by atoms with Gasteiger partial charge in [-0.25, -0.2) is 39.0 Å². The third kappa shape index (κ3) is 5.81. The number of anilines is 1. The van der Waals surface area contributed by atoms with Crippen LogP contribution in [0.1, 0.15) is 32.7 Å². The molecular formula is C24H30N10O10P2. The summed E-state index contributed by atoms with van der Waals surface area (Å²) in [5.74, 6) is -0.571. The zero-order valence-corrected chi connectivity index (χ0v) is 26.1. The molecule has 7 heterocycles. The number of hydrogen-bond donors (Lipinski definition) is 4. The molecule has 5 aromatic rings. The van der Waals surface area contributed by atoms with Gasteiger partial charge in [0.15, 0.2) is 28.3 Å². The van der Waals surface area contributed by atoms with E-state index in [2.05, 4.69) is 34.4 Å². The maximum absolute atomic E-state index is 13.2. The smallest absolute Gasteiger partial charge is 0.382 e. The highest BCUT2D eigenvalue weighted by atomic mass is 31.2. The summed E-state index contributed by atoms with van der Waals surface area (Å²) in [7, 11) is -9.69. The first-order chi connectivity index (χ1) is 21.9. The Morgan fingerprint density at radius 2 is 1.63 bits per heavy atom. The summed E-state index contributed by atoms with van der Waals surface area (Å²) in [5, 5.41) is 0. The second kappa shape index (κ2) is 11.7. The minimum atomic E-state index is -4.91. The number of hydrogen-bond acceptors (Lipinski definition) is 14. The van der Waals surface area contributed by atoms with E-state index in [1.165, 1.54) is 17.2 Å². The van der Waals surface area contributed by atoms with E-state index in [1.54, 1.807) is 40.9 Å². The monoisotopic (exact) mass is 680 g/mol. The van der Waals surface area contributed by atoms with Crippen LogP contribution in [0.25, 0.3) is 28.0 Å². The molecular weight excluding hydrogens is 650 g/mol. The van der Waals surface area contributed by atoms with E-state index in [9.17, 15) is 23.8 Å². The maximum Gasteiger partial charge on any atom is 0.472 e. The van der Waals surface area contributed by atoms with Crippen LogP contribution in [0.2, 0.25) is 0 Å². The van der Waals surface area contributed by atoms with E-state index < -0.39 is 58.9 Å². The van der Waals surface area contributed by atoms with E-state index >= 15 is 0 Å². The van der Waals surface area contributed by atoms with Gasteiger partial charge in [-0.2, -0.15) is 0 Å². The van der Waals surface area contributed by atoms with Crippen molar-refractivity contribution in [2.24, 2.45) is 11.8 Å². The number of ether oxygens (including phenoxy) is 2. The van der Waals surface area contributed by atoms with Gasteiger partial charge in [0.05, 0.1) is 32.0 Å². The predicted octanol–water partition coefficient (Wildman–Crippen LogP) is 1.57. The van der Waals surface area contributed by atoms with Crippen molar-refractivity contribution in [2.45, 2.75) is 51.0 Å². The van der Waals surface area contributed by atoms with Gasteiger partial charge < -0.3 is 29.9 Å². The summed E-state index contributed by atoms with van der Waals surface area (Å²) in [6, 6.07) is 0. The minimum absolute atomic E-state index is 0.0242. The second-order valence-electron chi connectivity index (χ2n) is 11.2. The first-order valence-corrected chi connectivity index (χ1v) is 17.1. The zero-order valence-electron chi connectivity index (χ0n) is 24.3. The van der Waals surface area contributed by atoms with Gasteiger partial charge in [0.25, 0.3) is 0 Å². The minimum Gasteiger partial charge on any atom is -0.382 e. The molecule has 0 radical (unpaired) electrons. The fraction of sp³-hybridized carbons (Fsp3) is 0.500. The molecule has 2 saturated heterocycles. The maximum atomic E-state index is 13.2. The third-order valence-electron chi connectivity index (χ3n) is 8.08. The van der Waals surface area contributed by atoms with Crippen molar-refractivity contribution in [2.75, 3.05) is 18.9 Å². The number of fused-ring (bicyclic) bond motifs is 4. The van der Waals surface area contributed by atoms with E-state index in [-0.39, 0.29) is 18.3 Å². The zero-order chi connectivity index (χ0) is 32.4. The van der Waals surface area contributed by atoms with Gasteiger partial charge in [-0.3, -0.25) is 27.1 Å². The molecule has 2 aliphatic rings. The number of nitrogens with two attached hydrogens (primary N) is 1. The lowest BCUT2D eigenvalue weighted by Gasteiger charge is -2.24. The number of nitrogens with zero attached hydrogens (tertiary/aromatic N) is 9. The van der Waals surface area contributed by atoms with E-state index in [4.69, 9.17) is 24.3 Å². The molecule has 0 saturated carbocycles. The Morgan fingerprint density at radius 1 is 0.891 bits per heavy atom. The van der Waals surface area contributed by atoms with Crippen LogP contribution in [-0.2, 0) is 32.2 Å². The molecule has 5 N–H and O–H groups in total. The van der Waals surface area contributed by atoms with Crippen LogP contribution in [0.15, 0.2) is 37.7 Å². The number of phosphoric ester groups is 2. The van der Waals surface area contributed by atoms with Crippen molar-refractivity contribution in [1.82, 2.24) is 43.4 Å². The number of phosphoric acid groups is 2. The lowest BCUT2D eigenvalue weighted by molar-refractivity contribution is -0.0492. The summed E-state index contributed by atoms with van der Waals surface area (Å²) >= 11 is 0. The highest BCUT2D eigenvalue weighted by Gasteiger charge is 2.49. The summed E-state index contributed by atoms with van der Waals surface area (Å²) < 4.78 is 57.6. The Labute approximate surface area is 259 Å². The molecule has 5 aromatic heterocycles. The molecule has 0 bridgehead atoms. The summed E-state index contributed by atoms with van der Waals surface area (Å²) in [4.78, 5) is 55.0. The average molecular weight is 681 g/mol. The van der Waals surface area contributed by atoms with Crippen LogP contribution in [0.3, 0.4) is 0 Å². The van der Waals surface area contributed by atoms with Crippen molar-refractivity contribution in [3.63, 3.8) is 0 Å². The van der Waals surface area contributed by atoms with E-state index in [1.807, 2.05) is 6.92 Å². The molecule has 2 aliphatic heterocycles. The molecule has 0 aliphatic carbocycles. The van der Waals surface area contributed by atoms with Gasteiger partial charge in [-0.05, 0) is 6.42 Å². The Balaban J connectivity index is 1.05. The molecule has 246 valence electrons. The van der Waals surface area contributed by atoms with Crippen molar-refractivity contribution in [3.8, 4) is 0 Å². The molecule has 0 spiro atoms. The number of nitrogen functional groups attached to an aromatic ring is 1. The predicted molar refractivity (Wildman–Crippen MR) is 155 cm³/mol. The largest absolute Gasteiger partial charge is 0.472 e. The molecule has 8 atom stereocenters. The standard InChI is InChI=1S/C24H30N10O10P2/c1-12-5-14(42-23(12)33-11-30-17-20-26-3-4-32(20)9-31-22(17)33)6-41-46(38,39)44-18-13(2)24(43-15(18)7-40-45(35,36)37)34-10-29-16-19(25)27-8-28-21(16)34/h3-4,8-15,18,23-24H,5-7H2,1-2H3,(H,38,39)(H2,25,27,28)(H2,35,36,37)/t12-,13-,14+,15?,18+,23-,24-/m1/s1. The normalized spacial score (nSPS) is 28.5. The van der Waals surface area contributed by atoms with Crippen molar-refractivity contribution >= 4 is 49.4 Å². The van der Waals surface area contributed by atoms with E-state index in [0.29, 0.717) is 34.4 Å². The number of imidazole rings is 3. The lowest BCUT2D eigenvalue weighted by Crippen LogP contribution is -2.32. The molecule has 2 unspecified atom stereocenters. The van der Waals surface area contributed by atoms with Crippen LogP contribution >= 0.6 is 15.6 Å². The first-order valence-electron chi connectivity index (χ1n) is 14.1. The molecule has 20 nitrogen and oxygen atoms in total. The van der Waals surface area contributed by atoms with Crippen LogP contribution in [0, 0.1) is 11.8 Å². The van der Waals surface area contributed by atoms with Crippen molar-refractivity contribution in [1.29, 1.82) is 0 Å². The Kier molecular flexibility index (Phi) is 7.92. The number of rotatable bonds is 10. The van der Waals surface area contributed by atoms with Crippen LogP contribution in [0.4, 0.5) is 5.82 Å². The fourth-order valence-electron chi connectivity index (χ4n) is 5.98. The van der Waals surface area contributed by atoms with E-state index in [0.717, 1.165) is 0 Å². The highest BCUT2D eigenvalue weighted by molar-refractivity contribution is 7.47. The van der Waals surface area contributed by atoms with Gasteiger partial charge in [-0.15, -0.1) is 0 Å². The topological polar surface area (TPSA) is 259 Å². The summed E-state index contributed by atoms with van der Waals surface area (Å²) in [6.07, 6.45) is 5.51. The van der Waals surface area contributed by atoms with Crippen LogP contribution in [0.5, 0.6) is 0 Å². The van der Waals surface area contributed by atoms with Gasteiger partial charge in [0, 0.05) is 24.2 Å². The quantitative estimate of drug-likeness (QED) is 0.153. The summed E-state index contributed by atoms with van der Waals surface area (Å²) in [6.45, 7) is 2.70. The fourth-order valence-corrected chi connectivity index (χ4v) is 7.38. The first kappa shape index (κ1) is 31.2. The second-order valence-corrected chi connectivity index (χ2v) is 13.9. The Bertz CT molecular complexity index is 2000. The van der Waals surface area contributed by atoms with Crippen LogP contribution < -0.4 is 5.73 Å². The lowest BCUT2D eigenvalue weighted by atomic mass is 10.0. The van der Waals surface area contributed by atoms with Crippen molar-refractivity contribution < 1.29 is 46.9 Å². The molecule has 22 heteroatoms. The molecule has 2 fully saturated rings. The molecule has 0 aromatic carbocycles. The van der Waals surface area contributed by atoms with Gasteiger partial charge in [0.1, 0.15) is 42.8 Å². The highest BCUT2D eigenvalue weighted by Crippen LogP contribution is 2.52. The third-order valence-corrected chi connectivity index (χ3v) is 9.55. The average Bonchev–Trinajstić information content (AvgIpc) is 3.82. The molecule has 7 rings (SSSR count). The Hall–Kier alpha value is -3.42. The Morgan fingerprint density at radius 3 is 2.41 bits per heavy atom. The molecule has 46 heavy (non-hydrogen) atoms. The van der Waals surface area contributed by atoms with Crippen LogP contribution in [-0.4, -0.2) is 89.6 Å². The van der Waals surface area contributed by atoms with Gasteiger partial charge in [0.2, 0.25) is 0 Å². The van der Waals surface area contributed by atoms with Gasteiger partial charge in [-0.1, -0.05) is 13.8 Å². The summed E-state index contributed by atoms with van der Waals surface area (Å²) in [5.41, 5.74) is 8.38. The van der Waals surface area contributed by atoms with Gasteiger partial charge >= 0.3 is 15.6 Å². The molecule has 0 amide bonds.